The first-order valence-electron chi connectivity index (χ1n) is 11.0. The zero-order chi connectivity index (χ0) is 24.9. The van der Waals surface area contributed by atoms with Crippen LogP contribution in [0.5, 0.6) is 0 Å². The molecule has 7 nitrogen and oxygen atoms in total. The summed E-state index contributed by atoms with van der Waals surface area (Å²) in [6.45, 7) is -0.894. The van der Waals surface area contributed by atoms with Gasteiger partial charge in [-0.05, 0) is 42.9 Å². The van der Waals surface area contributed by atoms with Gasteiger partial charge in [0.1, 0.15) is 12.2 Å². The number of alkyl halides is 3. The molecule has 1 aliphatic heterocycles. The van der Waals surface area contributed by atoms with Crippen LogP contribution in [0.3, 0.4) is 0 Å². The predicted molar refractivity (Wildman–Crippen MR) is 130 cm³/mol. The molecule has 11 heteroatoms. The zero-order valence-corrected chi connectivity index (χ0v) is 19.8. The maximum atomic E-state index is 12.6. The van der Waals surface area contributed by atoms with Gasteiger partial charge in [0.05, 0.1) is 5.70 Å². The lowest BCUT2D eigenvalue weighted by Gasteiger charge is -2.29. The van der Waals surface area contributed by atoms with Crippen molar-refractivity contribution in [3.63, 3.8) is 0 Å². The number of benzene rings is 1. The summed E-state index contributed by atoms with van der Waals surface area (Å²) >= 11 is 1.41. The highest BCUT2D eigenvalue weighted by molar-refractivity contribution is 7.98. The molecule has 2 aliphatic rings. The molecule has 1 saturated carbocycles. The quantitative estimate of drug-likeness (QED) is 0.319. The number of nitrogens with two attached hydrogens (primary N) is 3. The van der Waals surface area contributed by atoms with Crippen LogP contribution in [-0.4, -0.2) is 40.4 Å². The van der Waals surface area contributed by atoms with Crippen LogP contribution < -0.4 is 17.3 Å². The number of nitrogens with zero attached hydrogens (tertiary/aromatic N) is 2. The molecule has 1 aliphatic carbocycles. The van der Waals surface area contributed by atoms with Gasteiger partial charge in [-0.25, -0.2) is 10.8 Å². The third kappa shape index (κ3) is 5.43. The van der Waals surface area contributed by atoms with Gasteiger partial charge in [0.2, 0.25) is 0 Å². The Morgan fingerprint density at radius 2 is 1.82 bits per heavy atom. The summed E-state index contributed by atoms with van der Waals surface area (Å²) in [4.78, 5) is 8.16. The second-order valence-electron chi connectivity index (χ2n) is 8.32. The van der Waals surface area contributed by atoms with Crippen LogP contribution in [0.25, 0.3) is 5.70 Å². The van der Waals surface area contributed by atoms with Crippen LogP contribution >= 0.6 is 11.8 Å². The molecule has 0 spiro atoms. The highest BCUT2D eigenvalue weighted by atomic mass is 32.2. The lowest BCUT2D eigenvalue weighted by atomic mass is 9.85. The fourth-order valence-electron chi connectivity index (χ4n) is 4.15. The Labute approximate surface area is 201 Å². The minimum Gasteiger partial charge on any atom is -0.400 e. The number of allylic oxidation sites excluding steroid dienone is 1. The van der Waals surface area contributed by atoms with Crippen molar-refractivity contribution in [2.24, 2.45) is 28.2 Å². The van der Waals surface area contributed by atoms with Crippen LogP contribution in [0, 0.1) is 5.92 Å². The molecule has 1 unspecified atom stereocenters. The molecule has 1 atom stereocenters. The molecule has 186 valence electrons. The summed E-state index contributed by atoms with van der Waals surface area (Å²) in [5, 5.41) is 11.1. The maximum Gasteiger partial charge on any atom is 0.422 e. The smallest absolute Gasteiger partial charge is 0.400 e. The normalized spacial score (nSPS) is 19.7. The monoisotopic (exact) mass is 496 g/mol. The molecular weight excluding hydrogens is 465 g/mol. The fourth-order valence-corrected chi connectivity index (χ4v) is 4.56. The van der Waals surface area contributed by atoms with Gasteiger partial charge in [-0.15, -0.1) is 11.8 Å². The van der Waals surface area contributed by atoms with Gasteiger partial charge in [-0.1, -0.05) is 31.4 Å². The van der Waals surface area contributed by atoms with E-state index in [2.05, 4.69) is 9.98 Å². The van der Waals surface area contributed by atoms with Crippen molar-refractivity contribution in [1.82, 2.24) is 9.99 Å². The summed E-state index contributed by atoms with van der Waals surface area (Å²) in [5.41, 5.74) is 11.0. The second-order valence-corrected chi connectivity index (χ2v) is 9.20. The lowest BCUT2D eigenvalue weighted by Crippen LogP contribution is -2.48. The second kappa shape index (κ2) is 10.9. The Morgan fingerprint density at radius 1 is 1.18 bits per heavy atom. The Kier molecular flexibility index (Phi) is 8.34. The van der Waals surface area contributed by atoms with Gasteiger partial charge in [0.15, 0.2) is 5.60 Å². The summed E-state index contributed by atoms with van der Waals surface area (Å²) in [6, 6.07) is 7.51. The van der Waals surface area contributed by atoms with Crippen molar-refractivity contribution in [1.29, 1.82) is 0 Å². The first-order chi connectivity index (χ1) is 16.1. The van der Waals surface area contributed by atoms with E-state index >= 15 is 0 Å². The van der Waals surface area contributed by atoms with E-state index in [0.29, 0.717) is 5.92 Å². The van der Waals surface area contributed by atoms with Crippen LogP contribution in [0.4, 0.5) is 19.0 Å². The molecule has 1 fully saturated rings. The first kappa shape index (κ1) is 26.1. The summed E-state index contributed by atoms with van der Waals surface area (Å²) < 4.78 is 37.9. The fraction of sp³-hybridized carbons (Fsp3) is 0.435. The van der Waals surface area contributed by atoms with Gasteiger partial charge in [-0.3, -0.25) is 5.01 Å². The van der Waals surface area contributed by atoms with E-state index in [-0.39, 0.29) is 5.56 Å². The van der Waals surface area contributed by atoms with E-state index in [4.69, 9.17) is 17.3 Å². The third-order valence-electron chi connectivity index (χ3n) is 6.20. The Morgan fingerprint density at radius 3 is 2.38 bits per heavy atom. The van der Waals surface area contributed by atoms with Crippen molar-refractivity contribution in [2.75, 3.05) is 12.8 Å². The standard InChI is InChI=1S/C13H19N5.C10H12F3NOS/c14-11(9-4-2-1-3-5-9)12-10-6-7-16-13(10)17-8-18(12)15;1-16-8-4-2-7(3-5-8)9(15,6-14)10(11,12)13/h6-9,16H,1-5,14-15H2;2-5,15H,6,14H2,1H3/b12-11-;. The van der Waals surface area contributed by atoms with Crippen LogP contribution in [-0.2, 0) is 5.60 Å². The molecule has 34 heavy (non-hydrogen) atoms. The number of aromatic nitrogens is 1. The van der Waals surface area contributed by atoms with E-state index in [1.807, 2.05) is 18.5 Å². The molecule has 0 saturated heterocycles. The minimum absolute atomic E-state index is 0.236. The van der Waals surface area contributed by atoms with Crippen molar-refractivity contribution in [2.45, 2.75) is 48.8 Å². The number of hydrogen-bond donors (Lipinski definition) is 5. The number of aliphatic imine (C=N–C) groups is 1. The number of aromatic amines is 1. The third-order valence-corrected chi connectivity index (χ3v) is 6.94. The topological polar surface area (TPSA) is 130 Å². The molecule has 1 aromatic heterocycles. The summed E-state index contributed by atoms with van der Waals surface area (Å²) in [5.74, 6) is 7.28. The van der Waals surface area contributed by atoms with Crippen molar-refractivity contribution < 1.29 is 18.3 Å². The van der Waals surface area contributed by atoms with Crippen LogP contribution in [0.2, 0.25) is 0 Å². The number of hydrazine groups is 1. The van der Waals surface area contributed by atoms with Crippen LogP contribution in [0.15, 0.2) is 52.1 Å². The highest BCUT2D eigenvalue weighted by Gasteiger charge is 2.54. The van der Waals surface area contributed by atoms with Gasteiger partial charge in [-0.2, -0.15) is 13.2 Å². The number of rotatable bonds is 4. The van der Waals surface area contributed by atoms with Gasteiger partial charge >= 0.3 is 6.18 Å². The lowest BCUT2D eigenvalue weighted by molar-refractivity contribution is -0.262. The first-order valence-corrected chi connectivity index (χ1v) is 12.2. The highest BCUT2D eigenvalue weighted by Crippen LogP contribution is 2.39. The van der Waals surface area contributed by atoms with E-state index < -0.39 is 18.3 Å². The molecule has 2 aromatic rings. The van der Waals surface area contributed by atoms with Gasteiger partial charge in [0.25, 0.3) is 0 Å². The predicted octanol–water partition coefficient (Wildman–Crippen LogP) is 4.19. The molecule has 0 radical (unpaired) electrons. The summed E-state index contributed by atoms with van der Waals surface area (Å²) in [7, 11) is 0. The maximum absolute atomic E-state index is 12.6. The van der Waals surface area contributed by atoms with E-state index in [1.54, 1.807) is 11.3 Å². The molecule has 0 bridgehead atoms. The number of nitrogens with one attached hydrogen (secondary N) is 1. The number of hydrogen-bond acceptors (Lipinski definition) is 7. The molecule has 1 aromatic carbocycles. The average Bonchev–Trinajstić information content (AvgIpc) is 3.32. The summed E-state index contributed by atoms with van der Waals surface area (Å²) in [6.07, 6.45) is 6.70. The number of halogens is 3. The van der Waals surface area contributed by atoms with E-state index in [1.165, 1.54) is 68.1 Å². The Balaban J connectivity index is 0.000000192. The Hall–Kier alpha value is -2.47. The number of aliphatic hydroxyl groups is 1. The molecule has 0 amide bonds. The van der Waals surface area contributed by atoms with Crippen LogP contribution in [0.1, 0.15) is 43.2 Å². The number of H-pyrrole nitrogens is 1. The van der Waals surface area contributed by atoms with E-state index in [9.17, 15) is 18.3 Å². The average molecular weight is 497 g/mol. The van der Waals surface area contributed by atoms with Crippen molar-refractivity contribution in [3.05, 3.63) is 53.4 Å². The SMILES string of the molecule is CSc1ccc(C(O)(CN)C(F)(F)F)cc1.N/C(=C1/c2cc[nH]c2N=CN1N)C1CCCCC1. The van der Waals surface area contributed by atoms with Gasteiger partial charge < -0.3 is 21.6 Å². The largest absolute Gasteiger partial charge is 0.422 e. The Bertz CT molecular complexity index is 1010. The zero-order valence-electron chi connectivity index (χ0n) is 19.0. The number of fused-ring (bicyclic) bond motifs is 1. The molecule has 4 rings (SSSR count). The molecule has 2 heterocycles. The van der Waals surface area contributed by atoms with Crippen molar-refractivity contribution >= 4 is 29.6 Å². The van der Waals surface area contributed by atoms with E-state index in [0.717, 1.165) is 27.7 Å². The minimum atomic E-state index is -4.78. The molecule has 8 N–H and O–H groups in total. The van der Waals surface area contributed by atoms with Crippen molar-refractivity contribution in [3.8, 4) is 0 Å². The number of thioether (sulfide) groups is 1. The molecular formula is C23H31F3N6OS. The van der Waals surface area contributed by atoms with Gasteiger partial charge in [0, 0.05) is 34.8 Å².